The van der Waals surface area contributed by atoms with Crippen LogP contribution in [0.2, 0.25) is 5.02 Å². The highest BCUT2D eigenvalue weighted by atomic mass is 35.5. The van der Waals surface area contributed by atoms with Gasteiger partial charge in [0.15, 0.2) is 5.78 Å². The summed E-state index contributed by atoms with van der Waals surface area (Å²) in [6, 6.07) is 7.33. The molecule has 0 aliphatic heterocycles. The van der Waals surface area contributed by atoms with Crippen molar-refractivity contribution in [1.82, 2.24) is 4.98 Å². The molecule has 27 heavy (non-hydrogen) atoms. The summed E-state index contributed by atoms with van der Waals surface area (Å²) in [5, 5.41) is 2.59. The highest BCUT2D eigenvalue weighted by molar-refractivity contribution is 6.52. The van der Waals surface area contributed by atoms with Crippen LogP contribution < -0.4 is 5.32 Å². The smallest absolute Gasteiger partial charge is 0.367 e. The second kappa shape index (κ2) is 7.48. The molecule has 0 saturated carbocycles. The number of hydrogen-bond donors (Lipinski definition) is 1. The highest BCUT2D eigenvalue weighted by Crippen LogP contribution is 2.32. The van der Waals surface area contributed by atoms with Crippen LogP contribution in [-0.4, -0.2) is 35.4 Å². The largest absolute Gasteiger partial charge is 0.417 e. The lowest BCUT2D eigenvalue weighted by Gasteiger charge is -2.15. The van der Waals surface area contributed by atoms with Gasteiger partial charge >= 0.3 is 6.18 Å². The first-order chi connectivity index (χ1) is 12.8. The number of aromatic nitrogens is 1. The number of benzene rings is 1. The topological polar surface area (TPSA) is 71.4 Å². The number of rotatable bonds is 4. The van der Waals surface area contributed by atoms with Crippen molar-refractivity contribution in [2.45, 2.75) is 12.6 Å². The maximum Gasteiger partial charge on any atom is 0.417 e. The average molecular weight is 396 g/mol. The van der Waals surface area contributed by atoms with E-state index in [4.69, 9.17) is 11.6 Å². The fourth-order valence-corrected chi connectivity index (χ4v) is 2.86. The highest BCUT2D eigenvalue weighted by Gasteiger charge is 2.31. The number of nitrogens with one attached hydrogen (secondary N) is 1. The van der Waals surface area contributed by atoms with Gasteiger partial charge in [-0.15, -0.1) is 0 Å². The lowest BCUT2D eigenvalue weighted by molar-refractivity contribution is -0.137. The molecular formula is C18H13ClF3N3O2. The molecule has 3 rings (SSSR count). The molecule has 0 fully saturated rings. The van der Waals surface area contributed by atoms with Crippen molar-refractivity contribution < 1.29 is 22.8 Å². The van der Waals surface area contributed by atoms with Crippen molar-refractivity contribution >= 4 is 34.7 Å². The third kappa shape index (κ3) is 4.16. The first-order valence-corrected chi connectivity index (χ1v) is 8.32. The number of aliphatic imine (C=N–C) groups is 1. The van der Waals surface area contributed by atoms with Crippen LogP contribution in [-0.2, 0) is 6.18 Å². The summed E-state index contributed by atoms with van der Waals surface area (Å²) in [4.78, 5) is 32.3. The van der Waals surface area contributed by atoms with Gasteiger partial charge < -0.3 is 5.32 Å². The molecule has 1 N–H and O–H groups in total. The molecule has 0 atom stereocenters. The number of alkyl halides is 3. The van der Waals surface area contributed by atoms with Gasteiger partial charge in [0.2, 0.25) is 5.78 Å². The van der Waals surface area contributed by atoms with Crippen LogP contribution in [0.3, 0.4) is 0 Å². The zero-order valence-corrected chi connectivity index (χ0v) is 14.6. The first-order valence-electron chi connectivity index (χ1n) is 7.94. The Morgan fingerprint density at radius 1 is 1.19 bits per heavy atom. The molecule has 1 heterocycles. The number of halogens is 4. The van der Waals surface area contributed by atoms with Gasteiger partial charge in [0.25, 0.3) is 0 Å². The molecule has 0 unspecified atom stereocenters. The molecule has 5 nitrogen and oxygen atoms in total. The standard InChI is InChI=1S/C18H13ClF3N3O2/c19-13-7-10(18(20,21)22)9-25-17(13)24-6-5-23-14-8-15(26)11-3-1-2-4-12(11)16(14)27/h1-4,7,9H,5-6,8H2,(H,24,25). The Kier molecular flexibility index (Phi) is 5.27. The van der Waals surface area contributed by atoms with Gasteiger partial charge in [0.1, 0.15) is 5.82 Å². The molecule has 9 heteroatoms. The number of Topliss-reactive ketones (excluding diaryl/α,β-unsaturated/α-hetero) is 2. The van der Waals surface area contributed by atoms with Crippen LogP contribution >= 0.6 is 11.6 Å². The summed E-state index contributed by atoms with van der Waals surface area (Å²) in [5.41, 5.74) is -0.0662. The van der Waals surface area contributed by atoms with Crippen LogP contribution in [0.5, 0.6) is 0 Å². The molecular weight excluding hydrogens is 383 g/mol. The zero-order valence-electron chi connectivity index (χ0n) is 13.8. The predicted octanol–water partition coefficient (Wildman–Crippen LogP) is 4.08. The van der Waals surface area contributed by atoms with Gasteiger partial charge in [-0.25, -0.2) is 4.98 Å². The van der Waals surface area contributed by atoms with E-state index < -0.39 is 11.7 Å². The SMILES string of the molecule is O=C1CC(=NCCNc2ncc(C(F)(F)F)cc2Cl)C(=O)c2ccccc21. The van der Waals surface area contributed by atoms with Crippen LogP contribution in [0.4, 0.5) is 19.0 Å². The molecule has 1 aromatic heterocycles. The normalized spacial score (nSPS) is 15.8. The van der Waals surface area contributed by atoms with Crippen molar-refractivity contribution in [1.29, 1.82) is 0 Å². The van der Waals surface area contributed by atoms with E-state index in [-0.39, 0.29) is 47.6 Å². The Morgan fingerprint density at radius 2 is 1.89 bits per heavy atom. The van der Waals surface area contributed by atoms with Crippen LogP contribution in [0.15, 0.2) is 41.5 Å². The Balaban J connectivity index is 1.64. The Morgan fingerprint density at radius 3 is 2.56 bits per heavy atom. The number of hydrogen-bond acceptors (Lipinski definition) is 5. The van der Waals surface area contributed by atoms with E-state index in [1.165, 1.54) is 0 Å². The number of pyridine rings is 1. The van der Waals surface area contributed by atoms with Crippen molar-refractivity contribution in [3.05, 3.63) is 58.2 Å². The summed E-state index contributed by atoms with van der Waals surface area (Å²) < 4.78 is 37.8. The first kappa shape index (κ1) is 19.0. The van der Waals surface area contributed by atoms with E-state index in [1.54, 1.807) is 24.3 Å². The van der Waals surface area contributed by atoms with Crippen LogP contribution in [0.25, 0.3) is 0 Å². The van der Waals surface area contributed by atoms with Crippen LogP contribution in [0.1, 0.15) is 32.7 Å². The van der Waals surface area contributed by atoms with Gasteiger partial charge in [-0.3, -0.25) is 14.6 Å². The maximum atomic E-state index is 12.6. The maximum absolute atomic E-state index is 12.6. The van der Waals surface area contributed by atoms with E-state index in [0.29, 0.717) is 17.3 Å². The van der Waals surface area contributed by atoms with E-state index in [1.807, 2.05) is 0 Å². The lowest BCUT2D eigenvalue weighted by atomic mass is 9.88. The third-order valence-electron chi connectivity index (χ3n) is 3.94. The second-order valence-corrected chi connectivity index (χ2v) is 6.19. The van der Waals surface area contributed by atoms with Gasteiger partial charge in [-0.05, 0) is 6.07 Å². The molecule has 0 radical (unpaired) electrons. The third-order valence-corrected chi connectivity index (χ3v) is 4.23. The van der Waals surface area contributed by atoms with Crippen LogP contribution in [0, 0.1) is 0 Å². The molecule has 0 bridgehead atoms. The molecule has 1 aliphatic carbocycles. The summed E-state index contributed by atoms with van der Waals surface area (Å²) in [6.45, 7) is 0.320. The van der Waals surface area contributed by atoms with E-state index in [9.17, 15) is 22.8 Å². The Bertz CT molecular complexity index is 942. The lowest BCUT2D eigenvalue weighted by Crippen LogP contribution is -2.27. The molecule has 0 amide bonds. The minimum atomic E-state index is -4.52. The average Bonchev–Trinajstić information content (AvgIpc) is 2.63. The van der Waals surface area contributed by atoms with E-state index in [0.717, 1.165) is 6.07 Å². The Labute approximate surface area is 157 Å². The van der Waals surface area contributed by atoms with Gasteiger partial charge in [0, 0.05) is 23.9 Å². The summed E-state index contributed by atoms with van der Waals surface area (Å²) >= 11 is 5.80. The summed E-state index contributed by atoms with van der Waals surface area (Å²) in [6.07, 6.45) is -3.92. The molecule has 0 saturated heterocycles. The zero-order chi connectivity index (χ0) is 19.6. The number of nitrogens with zero attached hydrogens (tertiary/aromatic N) is 2. The van der Waals surface area contributed by atoms with Gasteiger partial charge in [0.05, 0.1) is 29.3 Å². The van der Waals surface area contributed by atoms with E-state index in [2.05, 4.69) is 15.3 Å². The number of carbonyl (C=O) groups is 2. The second-order valence-electron chi connectivity index (χ2n) is 5.78. The van der Waals surface area contributed by atoms with Gasteiger partial charge in [-0.2, -0.15) is 13.2 Å². The summed E-state index contributed by atoms with van der Waals surface area (Å²) in [5.74, 6) is -0.387. The number of carbonyl (C=O) groups excluding carboxylic acids is 2. The number of anilines is 1. The molecule has 1 aromatic carbocycles. The van der Waals surface area contributed by atoms with Crippen molar-refractivity contribution in [2.24, 2.45) is 4.99 Å². The minimum Gasteiger partial charge on any atom is -0.367 e. The van der Waals surface area contributed by atoms with Crippen molar-refractivity contribution in [2.75, 3.05) is 18.4 Å². The van der Waals surface area contributed by atoms with Crippen molar-refractivity contribution in [3.63, 3.8) is 0 Å². The predicted molar refractivity (Wildman–Crippen MR) is 94.8 cm³/mol. The molecule has 1 aliphatic rings. The molecule has 2 aromatic rings. The van der Waals surface area contributed by atoms with E-state index >= 15 is 0 Å². The van der Waals surface area contributed by atoms with Gasteiger partial charge in [-0.1, -0.05) is 35.9 Å². The number of ketones is 2. The molecule has 140 valence electrons. The number of fused-ring (bicyclic) bond motifs is 1. The fourth-order valence-electron chi connectivity index (χ4n) is 2.62. The van der Waals surface area contributed by atoms with Crippen molar-refractivity contribution in [3.8, 4) is 0 Å². The Hall–Kier alpha value is -2.74. The minimum absolute atomic E-state index is 0.0743. The quantitative estimate of drug-likeness (QED) is 0.792. The summed E-state index contributed by atoms with van der Waals surface area (Å²) in [7, 11) is 0. The fraction of sp³-hybridized carbons (Fsp3) is 0.222. The monoisotopic (exact) mass is 395 g/mol. The molecule has 0 spiro atoms.